The van der Waals surface area contributed by atoms with Crippen LogP contribution in [0, 0.1) is 5.92 Å². The predicted octanol–water partition coefficient (Wildman–Crippen LogP) is 1.10. The van der Waals surface area contributed by atoms with Crippen LogP contribution in [0.4, 0.5) is 0 Å². The van der Waals surface area contributed by atoms with E-state index in [-0.39, 0.29) is 11.8 Å². The Morgan fingerprint density at radius 3 is 3.25 bits per heavy atom. The molecule has 1 aromatic heterocycles. The van der Waals surface area contributed by atoms with Crippen LogP contribution in [0.15, 0.2) is 10.9 Å². The van der Waals surface area contributed by atoms with Gasteiger partial charge in [0.1, 0.15) is 0 Å². The molecule has 1 unspecified atom stereocenters. The molecule has 1 aromatic rings. The van der Waals surface area contributed by atoms with Crippen molar-refractivity contribution < 1.29 is 4.79 Å². The first kappa shape index (κ1) is 11.5. The normalized spacial score (nSPS) is 20.7. The van der Waals surface area contributed by atoms with Gasteiger partial charge in [0, 0.05) is 19.0 Å². The van der Waals surface area contributed by atoms with Gasteiger partial charge in [-0.15, -0.1) is 11.3 Å². The Hall–Kier alpha value is -0.940. The number of rotatable bonds is 3. The second-order valence-corrected chi connectivity index (χ2v) is 4.94. The monoisotopic (exact) mass is 239 g/mol. The summed E-state index contributed by atoms with van der Waals surface area (Å²) in [5.74, 6) is 0.387. The molecule has 0 saturated carbocycles. The fourth-order valence-electron chi connectivity index (χ4n) is 2.01. The second-order valence-electron chi connectivity index (χ2n) is 4.22. The standard InChI is InChI=1S/C11H17N3OS/c1-14(6-10-7-16-8-13-10)11(15)9-3-2-4-12-5-9/h7-9,12H,2-6H2,1H3. The zero-order valence-corrected chi connectivity index (χ0v) is 10.3. The van der Waals surface area contributed by atoms with E-state index in [0.717, 1.165) is 31.6 Å². The molecular formula is C11H17N3OS. The van der Waals surface area contributed by atoms with Crippen LogP contribution in [0.3, 0.4) is 0 Å². The predicted molar refractivity (Wildman–Crippen MR) is 64.2 cm³/mol. The first-order valence-corrected chi connectivity index (χ1v) is 6.54. The van der Waals surface area contributed by atoms with Crippen molar-refractivity contribution >= 4 is 17.2 Å². The second kappa shape index (κ2) is 5.41. The van der Waals surface area contributed by atoms with Crippen molar-refractivity contribution in [2.45, 2.75) is 19.4 Å². The number of aromatic nitrogens is 1. The fourth-order valence-corrected chi connectivity index (χ4v) is 2.56. The lowest BCUT2D eigenvalue weighted by Crippen LogP contribution is -2.41. The minimum Gasteiger partial charge on any atom is -0.340 e. The van der Waals surface area contributed by atoms with Crippen molar-refractivity contribution in [3.05, 3.63) is 16.6 Å². The third-order valence-electron chi connectivity index (χ3n) is 2.90. The molecule has 0 aromatic carbocycles. The summed E-state index contributed by atoms with van der Waals surface area (Å²) in [6, 6.07) is 0. The van der Waals surface area contributed by atoms with Crippen LogP contribution in [0.2, 0.25) is 0 Å². The molecule has 2 heterocycles. The van der Waals surface area contributed by atoms with Crippen LogP contribution in [-0.2, 0) is 11.3 Å². The summed E-state index contributed by atoms with van der Waals surface area (Å²) >= 11 is 1.57. The van der Waals surface area contributed by atoms with Gasteiger partial charge in [0.15, 0.2) is 0 Å². The maximum atomic E-state index is 12.1. The summed E-state index contributed by atoms with van der Waals surface area (Å²) in [6.45, 7) is 2.48. The molecule has 2 rings (SSSR count). The SMILES string of the molecule is CN(Cc1cscn1)C(=O)C1CCCNC1. The highest BCUT2D eigenvalue weighted by molar-refractivity contribution is 7.07. The van der Waals surface area contributed by atoms with E-state index in [2.05, 4.69) is 10.3 Å². The summed E-state index contributed by atoms with van der Waals surface area (Å²) in [5, 5.41) is 5.26. The highest BCUT2D eigenvalue weighted by atomic mass is 32.1. The number of nitrogens with zero attached hydrogens (tertiary/aromatic N) is 2. The zero-order chi connectivity index (χ0) is 11.4. The molecular weight excluding hydrogens is 222 g/mol. The molecule has 1 saturated heterocycles. The van der Waals surface area contributed by atoms with E-state index in [4.69, 9.17) is 0 Å². The third kappa shape index (κ3) is 2.80. The van der Waals surface area contributed by atoms with Gasteiger partial charge in [-0.05, 0) is 19.4 Å². The maximum absolute atomic E-state index is 12.1. The maximum Gasteiger partial charge on any atom is 0.227 e. The van der Waals surface area contributed by atoms with Crippen molar-refractivity contribution in [2.75, 3.05) is 20.1 Å². The first-order valence-electron chi connectivity index (χ1n) is 5.60. The average Bonchev–Trinajstić information content (AvgIpc) is 2.82. The number of hydrogen-bond acceptors (Lipinski definition) is 4. The lowest BCUT2D eigenvalue weighted by molar-refractivity contribution is -0.135. The lowest BCUT2D eigenvalue weighted by Gasteiger charge is -2.26. The molecule has 0 spiro atoms. The van der Waals surface area contributed by atoms with Gasteiger partial charge in [-0.3, -0.25) is 4.79 Å². The summed E-state index contributed by atoms with van der Waals surface area (Å²) in [7, 11) is 1.86. The average molecular weight is 239 g/mol. The number of thiazole rings is 1. The van der Waals surface area contributed by atoms with Crippen LogP contribution in [0.25, 0.3) is 0 Å². The Balaban J connectivity index is 1.88. The molecule has 0 aliphatic carbocycles. The molecule has 1 fully saturated rings. The van der Waals surface area contributed by atoms with Crippen LogP contribution < -0.4 is 5.32 Å². The minimum atomic E-state index is 0.150. The quantitative estimate of drug-likeness (QED) is 0.859. The van der Waals surface area contributed by atoms with Gasteiger partial charge < -0.3 is 10.2 Å². The number of piperidine rings is 1. The van der Waals surface area contributed by atoms with Crippen LogP contribution in [0.5, 0.6) is 0 Å². The molecule has 88 valence electrons. The molecule has 0 bridgehead atoms. The van der Waals surface area contributed by atoms with Gasteiger partial charge in [-0.25, -0.2) is 4.98 Å². The van der Waals surface area contributed by atoms with Crippen molar-refractivity contribution in [1.82, 2.24) is 15.2 Å². The summed E-state index contributed by atoms with van der Waals surface area (Å²) in [4.78, 5) is 18.1. The Morgan fingerprint density at radius 1 is 1.75 bits per heavy atom. The Bertz CT molecular complexity index is 333. The number of carbonyl (C=O) groups excluding carboxylic acids is 1. The van der Waals surface area contributed by atoms with Crippen LogP contribution in [-0.4, -0.2) is 35.9 Å². The van der Waals surface area contributed by atoms with Gasteiger partial charge in [0.25, 0.3) is 0 Å². The van der Waals surface area contributed by atoms with Crippen molar-refractivity contribution in [1.29, 1.82) is 0 Å². The highest BCUT2D eigenvalue weighted by Crippen LogP contribution is 2.14. The first-order chi connectivity index (χ1) is 7.77. The van der Waals surface area contributed by atoms with Crippen molar-refractivity contribution in [3.8, 4) is 0 Å². The third-order valence-corrected chi connectivity index (χ3v) is 3.54. The molecule has 1 amide bonds. The van der Waals surface area contributed by atoms with Crippen molar-refractivity contribution in [3.63, 3.8) is 0 Å². The number of amides is 1. The number of hydrogen-bond donors (Lipinski definition) is 1. The number of carbonyl (C=O) groups is 1. The van der Waals surface area contributed by atoms with E-state index in [1.165, 1.54) is 0 Å². The smallest absolute Gasteiger partial charge is 0.227 e. The van der Waals surface area contributed by atoms with E-state index in [9.17, 15) is 4.79 Å². The zero-order valence-electron chi connectivity index (χ0n) is 9.48. The number of nitrogens with one attached hydrogen (secondary N) is 1. The lowest BCUT2D eigenvalue weighted by atomic mass is 9.98. The van der Waals surface area contributed by atoms with Crippen LogP contribution in [0.1, 0.15) is 18.5 Å². The molecule has 4 nitrogen and oxygen atoms in total. The van der Waals surface area contributed by atoms with E-state index in [1.807, 2.05) is 12.4 Å². The van der Waals surface area contributed by atoms with Crippen LogP contribution >= 0.6 is 11.3 Å². The van der Waals surface area contributed by atoms with Gasteiger partial charge >= 0.3 is 0 Å². The van der Waals surface area contributed by atoms with Gasteiger partial charge in [-0.2, -0.15) is 0 Å². The fraction of sp³-hybridized carbons (Fsp3) is 0.636. The molecule has 5 heteroatoms. The summed E-state index contributed by atoms with van der Waals surface area (Å²) in [6.07, 6.45) is 2.11. The van der Waals surface area contributed by atoms with E-state index >= 15 is 0 Å². The van der Waals surface area contributed by atoms with E-state index < -0.39 is 0 Å². The minimum absolute atomic E-state index is 0.150. The molecule has 1 N–H and O–H groups in total. The van der Waals surface area contributed by atoms with E-state index in [1.54, 1.807) is 21.7 Å². The Labute approximate surface area is 99.7 Å². The van der Waals surface area contributed by atoms with E-state index in [0.29, 0.717) is 6.54 Å². The highest BCUT2D eigenvalue weighted by Gasteiger charge is 2.23. The summed E-state index contributed by atoms with van der Waals surface area (Å²) < 4.78 is 0. The topological polar surface area (TPSA) is 45.2 Å². The Kier molecular flexibility index (Phi) is 3.90. The summed E-state index contributed by atoms with van der Waals surface area (Å²) in [5.41, 5.74) is 2.78. The van der Waals surface area contributed by atoms with Crippen molar-refractivity contribution in [2.24, 2.45) is 5.92 Å². The molecule has 0 radical (unpaired) electrons. The van der Waals surface area contributed by atoms with Gasteiger partial charge in [0.2, 0.25) is 5.91 Å². The Morgan fingerprint density at radius 2 is 2.62 bits per heavy atom. The molecule has 16 heavy (non-hydrogen) atoms. The molecule has 1 aliphatic heterocycles. The van der Waals surface area contributed by atoms with Gasteiger partial charge in [-0.1, -0.05) is 0 Å². The van der Waals surface area contributed by atoms with Gasteiger partial charge in [0.05, 0.1) is 23.7 Å². The molecule has 1 aliphatic rings. The largest absolute Gasteiger partial charge is 0.340 e. The molecule has 1 atom stereocenters.